The van der Waals surface area contributed by atoms with E-state index in [-0.39, 0.29) is 28.2 Å². The van der Waals surface area contributed by atoms with Gasteiger partial charge in [-0.3, -0.25) is 9.52 Å². The second-order valence-electron chi connectivity index (χ2n) is 7.44. The number of hydrogen-bond acceptors (Lipinski definition) is 4. The van der Waals surface area contributed by atoms with Crippen LogP contribution in [0.25, 0.3) is 5.69 Å². The van der Waals surface area contributed by atoms with Crippen molar-refractivity contribution in [3.05, 3.63) is 71.9 Å². The molecular formula is C23H28N4O3S. The minimum absolute atomic E-state index is 0.0131. The number of aryl methyl sites for hydroxylation is 1. The van der Waals surface area contributed by atoms with Crippen LogP contribution < -0.4 is 10.0 Å². The molecule has 1 unspecified atom stereocenters. The number of para-hydroxylation sites is 1. The second kappa shape index (κ2) is 9.78. The minimum Gasteiger partial charge on any atom is -0.349 e. The van der Waals surface area contributed by atoms with Gasteiger partial charge in [-0.15, -0.1) is 0 Å². The van der Waals surface area contributed by atoms with Crippen LogP contribution in [0.5, 0.6) is 0 Å². The Morgan fingerprint density at radius 2 is 1.74 bits per heavy atom. The van der Waals surface area contributed by atoms with E-state index in [9.17, 15) is 13.2 Å². The molecule has 0 aliphatic rings. The Hall–Kier alpha value is -3.13. The van der Waals surface area contributed by atoms with Gasteiger partial charge in [0, 0.05) is 6.04 Å². The molecule has 0 saturated heterocycles. The predicted molar refractivity (Wildman–Crippen MR) is 122 cm³/mol. The van der Waals surface area contributed by atoms with Crippen molar-refractivity contribution in [2.24, 2.45) is 0 Å². The molecule has 7 nitrogen and oxygen atoms in total. The lowest BCUT2D eigenvalue weighted by Crippen LogP contribution is -2.34. The third-order valence-corrected chi connectivity index (χ3v) is 6.40. The third kappa shape index (κ3) is 5.32. The van der Waals surface area contributed by atoms with Gasteiger partial charge >= 0.3 is 0 Å². The Labute approximate surface area is 183 Å². The van der Waals surface area contributed by atoms with Crippen LogP contribution >= 0.6 is 0 Å². The van der Waals surface area contributed by atoms with E-state index in [1.54, 1.807) is 24.3 Å². The van der Waals surface area contributed by atoms with E-state index in [0.29, 0.717) is 5.69 Å². The fourth-order valence-corrected chi connectivity index (χ4v) is 4.33. The molecule has 1 amide bonds. The van der Waals surface area contributed by atoms with E-state index in [0.717, 1.165) is 24.8 Å². The van der Waals surface area contributed by atoms with Gasteiger partial charge in [-0.05, 0) is 44.0 Å². The average molecular weight is 441 g/mol. The van der Waals surface area contributed by atoms with E-state index in [4.69, 9.17) is 0 Å². The molecule has 2 aromatic carbocycles. The number of hydrogen-bond donors (Lipinski definition) is 2. The highest BCUT2D eigenvalue weighted by Crippen LogP contribution is 2.24. The molecule has 3 aromatic rings. The maximum absolute atomic E-state index is 13.1. The Kier molecular flexibility index (Phi) is 7.12. The lowest BCUT2D eigenvalue weighted by Gasteiger charge is -2.17. The molecule has 0 aliphatic heterocycles. The maximum Gasteiger partial charge on any atom is 0.263 e. The number of sulfonamides is 1. The molecule has 1 heterocycles. The highest BCUT2D eigenvalue weighted by atomic mass is 32.2. The van der Waals surface area contributed by atoms with Gasteiger partial charge in [0.25, 0.3) is 15.9 Å². The average Bonchev–Trinajstić information content (AvgIpc) is 3.17. The van der Waals surface area contributed by atoms with Crippen LogP contribution in [0.1, 0.15) is 49.0 Å². The van der Waals surface area contributed by atoms with Crippen LogP contribution in [0.15, 0.2) is 65.7 Å². The summed E-state index contributed by atoms with van der Waals surface area (Å²) in [6, 6.07) is 15.6. The van der Waals surface area contributed by atoms with Crippen molar-refractivity contribution in [3.8, 4) is 5.69 Å². The number of carbonyl (C=O) groups excluding carboxylic acids is 1. The summed E-state index contributed by atoms with van der Waals surface area (Å²) in [5, 5.41) is 7.30. The largest absolute Gasteiger partial charge is 0.349 e. The molecule has 1 aromatic heterocycles. The van der Waals surface area contributed by atoms with Crippen molar-refractivity contribution >= 4 is 21.7 Å². The molecule has 31 heavy (non-hydrogen) atoms. The molecule has 0 bridgehead atoms. The van der Waals surface area contributed by atoms with E-state index in [2.05, 4.69) is 22.1 Å². The van der Waals surface area contributed by atoms with Crippen LogP contribution in [-0.2, 0) is 10.0 Å². The first-order chi connectivity index (χ1) is 14.9. The fraction of sp³-hybridized carbons (Fsp3) is 0.304. The van der Waals surface area contributed by atoms with Gasteiger partial charge in [-0.2, -0.15) is 5.10 Å². The zero-order chi connectivity index (χ0) is 22.4. The van der Waals surface area contributed by atoms with Crippen molar-refractivity contribution in [2.75, 3.05) is 4.72 Å². The molecule has 164 valence electrons. The highest BCUT2D eigenvalue weighted by Gasteiger charge is 2.25. The molecule has 2 N–H and O–H groups in total. The first-order valence-corrected chi connectivity index (χ1v) is 11.9. The van der Waals surface area contributed by atoms with E-state index >= 15 is 0 Å². The molecule has 0 fully saturated rings. The van der Waals surface area contributed by atoms with E-state index in [1.165, 1.54) is 23.0 Å². The maximum atomic E-state index is 13.1. The summed E-state index contributed by atoms with van der Waals surface area (Å²) in [6.07, 6.45) is 3.97. The summed E-state index contributed by atoms with van der Waals surface area (Å²) in [4.78, 5) is 13.1. The summed E-state index contributed by atoms with van der Waals surface area (Å²) >= 11 is 0. The topological polar surface area (TPSA) is 93.1 Å². The molecule has 1 atom stereocenters. The van der Waals surface area contributed by atoms with Crippen molar-refractivity contribution in [1.29, 1.82) is 0 Å². The zero-order valence-corrected chi connectivity index (χ0v) is 18.8. The molecule has 0 aliphatic carbocycles. The molecule has 3 rings (SSSR count). The van der Waals surface area contributed by atoms with Crippen molar-refractivity contribution < 1.29 is 13.2 Å². The zero-order valence-electron chi connectivity index (χ0n) is 18.0. The molecule has 0 saturated carbocycles. The Bertz CT molecular complexity index is 1120. The van der Waals surface area contributed by atoms with Crippen LogP contribution in [0.2, 0.25) is 0 Å². The van der Waals surface area contributed by atoms with Gasteiger partial charge in [0.05, 0.1) is 16.8 Å². The number of aromatic nitrogens is 2. The molecular weight excluding hydrogens is 412 g/mol. The Balaban J connectivity index is 2.02. The summed E-state index contributed by atoms with van der Waals surface area (Å²) in [5.41, 5.74) is 1.77. The van der Waals surface area contributed by atoms with Crippen molar-refractivity contribution in [2.45, 2.75) is 51.0 Å². The summed E-state index contributed by atoms with van der Waals surface area (Å²) in [6.45, 7) is 5.95. The van der Waals surface area contributed by atoms with Crippen molar-refractivity contribution in [3.63, 3.8) is 0 Å². The van der Waals surface area contributed by atoms with Crippen LogP contribution in [0, 0.1) is 6.92 Å². The smallest absolute Gasteiger partial charge is 0.263 e. The summed E-state index contributed by atoms with van der Waals surface area (Å²) in [5.74, 6) is -0.250. The normalized spacial score (nSPS) is 12.4. The number of carbonyl (C=O) groups is 1. The Morgan fingerprint density at radius 3 is 2.35 bits per heavy atom. The fourth-order valence-electron chi connectivity index (χ4n) is 3.27. The molecule has 8 heteroatoms. The SMILES string of the molecule is CCCC(CC)NC(=O)c1cnn(-c2ccccc2)c1NS(=O)(=O)c1ccc(C)cc1. The third-order valence-electron chi connectivity index (χ3n) is 5.04. The summed E-state index contributed by atoms with van der Waals surface area (Å²) in [7, 11) is -3.92. The lowest BCUT2D eigenvalue weighted by atomic mass is 10.1. The monoisotopic (exact) mass is 440 g/mol. The van der Waals surface area contributed by atoms with Gasteiger partial charge < -0.3 is 5.32 Å². The van der Waals surface area contributed by atoms with E-state index in [1.807, 2.05) is 32.0 Å². The van der Waals surface area contributed by atoms with Gasteiger partial charge in [-0.25, -0.2) is 13.1 Å². The molecule has 0 radical (unpaired) electrons. The number of nitrogens with one attached hydrogen (secondary N) is 2. The van der Waals surface area contributed by atoms with E-state index < -0.39 is 10.0 Å². The van der Waals surface area contributed by atoms with Crippen molar-refractivity contribution in [1.82, 2.24) is 15.1 Å². The first-order valence-electron chi connectivity index (χ1n) is 10.4. The van der Waals surface area contributed by atoms with Gasteiger partial charge in [0.2, 0.25) is 0 Å². The Morgan fingerprint density at radius 1 is 1.06 bits per heavy atom. The number of nitrogens with zero attached hydrogens (tertiary/aromatic N) is 2. The van der Waals surface area contributed by atoms with Crippen LogP contribution in [0.3, 0.4) is 0 Å². The number of anilines is 1. The highest BCUT2D eigenvalue weighted by molar-refractivity contribution is 7.92. The minimum atomic E-state index is -3.92. The lowest BCUT2D eigenvalue weighted by molar-refractivity contribution is 0.0934. The van der Waals surface area contributed by atoms with Gasteiger partial charge in [0.1, 0.15) is 5.56 Å². The van der Waals surface area contributed by atoms with Gasteiger partial charge in [-0.1, -0.05) is 56.2 Å². The quantitative estimate of drug-likeness (QED) is 0.519. The number of rotatable bonds is 9. The second-order valence-corrected chi connectivity index (χ2v) is 9.12. The standard InChI is InChI=1S/C23H28N4O3S/c1-4-9-18(5-2)25-23(28)21-16-24-27(19-10-7-6-8-11-19)22(21)26-31(29,30)20-14-12-17(3)13-15-20/h6-8,10-16,18,26H,4-5,9H2,1-3H3,(H,25,28). The molecule has 0 spiro atoms. The predicted octanol–water partition coefficient (Wildman–Crippen LogP) is 4.29. The van der Waals surface area contributed by atoms with Crippen LogP contribution in [-0.4, -0.2) is 30.1 Å². The number of amides is 1. The van der Waals surface area contributed by atoms with Gasteiger partial charge in [0.15, 0.2) is 5.82 Å². The summed E-state index contributed by atoms with van der Waals surface area (Å²) < 4.78 is 30.1. The number of benzene rings is 2. The van der Waals surface area contributed by atoms with Crippen LogP contribution in [0.4, 0.5) is 5.82 Å². The first kappa shape index (κ1) is 22.6.